The van der Waals surface area contributed by atoms with Gasteiger partial charge < -0.3 is 5.73 Å². The predicted octanol–water partition coefficient (Wildman–Crippen LogP) is 2.59. The molecule has 1 aromatic carbocycles. The highest BCUT2D eigenvalue weighted by Gasteiger charge is 2.29. The Kier molecular flexibility index (Phi) is 3.92. The molecule has 1 aliphatic rings. The van der Waals surface area contributed by atoms with E-state index < -0.39 is 23.5 Å². The summed E-state index contributed by atoms with van der Waals surface area (Å²) in [5.74, 6) is -2.94. The first kappa shape index (κ1) is 13.4. The van der Waals surface area contributed by atoms with Gasteiger partial charge in [-0.2, -0.15) is 0 Å². The van der Waals surface area contributed by atoms with Crippen molar-refractivity contribution in [3.63, 3.8) is 0 Å². The van der Waals surface area contributed by atoms with Gasteiger partial charge in [0.05, 0.1) is 0 Å². The molecule has 100 valence electrons. The molecular weight excluding hydrogens is 241 g/mol. The Hall–Kier alpha value is -1.07. The molecule has 1 unspecified atom stereocenters. The van der Waals surface area contributed by atoms with Crippen molar-refractivity contribution in [2.24, 2.45) is 5.73 Å². The second kappa shape index (κ2) is 5.28. The summed E-state index contributed by atoms with van der Waals surface area (Å²) in [7, 11) is 1.85. The van der Waals surface area contributed by atoms with Crippen molar-refractivity contribution in [1.29, 1.82) is 0 Å². The topological polar surface area (TPSA) is 29.3 Å². The molecule has 2 N–H and O–H groups in total. The molecule has 0 aromatic heterocycles. The van der Waals surface area contributed by atoms with Crippen molar-refractivity contribution in [2.45, 2.75) is 31.3 Å². The summed E-state index contributed by atoms with van der Waals surface area (Å²) >= 11 is 0. The monoisotopic (exact) mass is 258 g/mol. The highest BCUT2D eigenvalue weighted by atomic mass is 19.2. The third-order valence-electron chi connectivity index (χ3n) is 3.76. The number of likely N-dealkylation sites (N-methyl/N-ethyl adjacent to an activating group) is 1. The minimum absolute atomic E-state index is 0.130. The first-order valence-corrected chi connectivity index (χ1v) is 6.11. The Bertz CT molecular complexity index is 432. The van der Waals surface area contributed by atoms with Crippen molar-refractivity contribution in [2.75, 3.05) is 13.6 Å². The maximum atomic E-state index is 13.7. The number of hydrogen-bond donors (Lipinski definition) is 1. The van der Waals surface area contributed by atoms with Gasteiger partial charge in [-0.05, 0) is 26.0 Å². The van der Waals surface area contributed by atoms with Crippen LogP contribution in [0, 0.1) is 17.5 Å². The van der Waals surface area contributed by atoms with Gasteiger partial charge in [0.25, 0.3) is 0 Å². The molecule has 18 heavy (non-hydrogen) atoms. The highest BCUT2D eigenvalue weighted by molar-refractivity contribution is 5.24. The van der Waals surface area contributed by atoms with Crippen LogP contribution in [0.5, 0.6) is 0 Å². The fourth-order valence-corrected chi connectivity index (χ4v) is 2.35. The third-order valence-corrected chi connectivity index (χ3v) is 3.76. The molecule has 1 saturated carbocycles. The molecule has 0 saturated heterocycles. The second-order valence-electron chi connectivity index (χ2n) is 4.79. The lowest BCUT2D eigenvalue weighted by molar-refractivity contribution is 0.111. The van der Waals surface area contributed by atoms with E-state index in [1.165, 1.54) is 0 Å². The summed E-state index contributed by atoms with van der Waals surface area (Å²) < 4.78 is 39.8. The van der Waals surface area contributed by atoms with Gasteiger partial charge in [0.15, 0.2) is 11.6 Å². The van der Waals surface area contributed by atoms with Crippen molar-refractivity contribution in [3.8, 4) is 0 Å². The zero-order chi connectivity index (χ0) is 13.3. The first-order chi connectivity index (χ1) is 8.54. The SMILES string of the molecule is CN(C1CCC1)C(CN)c1cc(F)c(F)cc1F. The van der Waals surface area contributed by atoms with Gasteiger partial charge in [-0.3, -0.25) is 4.90 Å². The maximum Gasteiger partial charge on any atom is 0.161 e. The number of halogens is 3. The fourth-order valence-electron chi connectivity index (χ4n) is 2.35. The molecule has 1 aromatic rings. The van der Waals surface area contributed by atoms with Crippen LogP contribution < -0.4 is 5.73 Å². The molecule has 1 atom stereocenters. The fraction of sp³-hybridized carbons (Fsp3) is 0.538. The number of rotatable bonds is 4. The van der Waals surface area contributed by atoms with E-state index >= 15 is 0 Å². The van der Waals surface area contributed by atoms with Crippen molar-refractivity contribution >= 4 is 0 Å². The summed E-state index contributed by atoms with van der Waals surface area (Å²) in [6.45, 7) is 0.176. The van der Waals surface area contributed by atoms with Crippen LogP contribution in [0.1, 0.15) is 30.9 Å². The molecule has 0 aliphatic heterocycles. The molecular formula is C13H17F3N2. The Morgan fingerprint density at radius 2 is 1.83 bits per heavy atom. The Balaban J connectivity index is 2.28. The summed E-state index contributed by atoms with van der Waals surface area (Å²) in [6, 6.07) is 1.44. The van der Waals surface area contributed by atoms with Crippen molar-refractivity contribution in [3.05, 3.63) is 35.1 Å². The number of hydrogen-bond acceptors (Lipinski definition) is 2. The maximum absolute atomic E-state index is 13.7. The minimum Gasteiger partial charge on any atom is -0.329 e. The zero-order valence-corrected chi connectivity index (χ0v) is 10.3. The van der Waals surface area contributed by atoms with Gasteiger partial charge in [-0.1, -0.05) is 6.42 Å². The molecule has 2 nitrogen and oxygen atoms in total. The lowest BCUT2D eigenvalue weighted by atomic mass is 9.89. The van der Waals surface area contributed by atoms with Crippen LogP contribution in [0.2, 0.25) is 0 Å². The van der Waals surface area contributed by atoms with E-state index in [4.69, 9.17) is 5.73 Å². The van der Waals surface area contributed by atoms with Gasteiger partial charge in [0.2, 0.25) is 0 Å². The van der Waals surface area contributed by atoms with Crippen LogP contribution in [0.15, 0.2) is 12.1 Å². The number of nitrogens with two attached hydrogens (primary N) is 1. The quantitative estimate of drug-likeness (QED) is 0.841. The second-order valence-corrected chi connectivity index (χ2v) is 4.79. The summed E-state index contributed by atoms with van der Waals surface area (Å²) in [6.07, 6.45) is 3.23. The van der Waals surface area contributed by atoms with Crippen LogP contribution >= 0.6 is 0 Å². The Morgan fingerprint density at radius 1 is 1.22 bits per heavy atom. The van der Waals surface area contributed by atoms with E-state index in [0.717, 1.165) is 25.3 Å². The largest absolute Gasteiger partial charge is 0.329 e. The van der Waals surface area contributed by atoms with Gasteiger partial charge >= 0.3 is 0 Å². The molecule has 0 amide bonds. The molecule has 1 aliphatic carbocycles. The van der Waals surface area contributed by atoms with Crippen molar-refractivity contribution < 1.29 is 13.2 Å². The normalized spacial score (nSPS) is 17.9. The smallest absolute Gasteiger partial charge is 0.161 e. The highest BCUT2D eigenvalue weighted by Crippen LogP contribution is 2.32. The van der Waals surface area contributed by atoms with E-state index in [1.54, 1.807) is 0 Å². The molecule has 0 bridgehead atoms. The molecule has 0 spiro atoms. The summed E-state index contributed by atoms with van der Waals surface area (Å²) in [5.41, 5.74) is 5.79. The zero-order valence-electron chi connectivity index (χ0n) is 10.3. The number of benzene rings is 1. The van der Waals surface area contributed by atoms with Gasteiger partial charge in [-0.15, -0.1) is 0 Å². The van der Waals surface area contributed by atoms with E-state index in [9.17, 15) is 13.2 Å². The van der Waals surface area contributed by atoms with Crippen LogP contribution in [0.25, 0.3) is 0 Å². The van der Waals surface area contributed by atoms with E-state index in [-0.39, 0.29) is 12.1 Å². The lowest BCUT2D eigenvalue weighted by Gasteiger charge is -2.39. The Labute approximate surface area is 105 Å². The van der Waals surface area contributed by atoms with Crippen LogP contribution in [0.3, 0.4) is 0 Å². The summed E-state index contributed by atoms with van der Waals surface area (Å²) in [4.78, 5) is 1.96. The van der Waals surface area contributed by atoms with E-state index in [2.05, 4.69) is 0 Å². The summed E-state index contributed by atoms with van der Waals surface area (Å²) in [5, 5.41) is 0. The van der Waals surface area contributed by atoms with Gasteiger partial charge in [0, 0.05) is 30.3 Å². The predicted molar refractivity (Wildman–Crippen MR) is 63.5 cm³/mol. The average molecular weight is 258 g/mol. The lowest BCUT2D eigenvalue weighted by Crippen LogP contribution is -2.42. The molecule has 2 rings (SSSR count). The van der Waals surface area contributed by atoms with E-state index in [1.807, 2.05) is 11.9 Å². The molecule has 5 heteroatoms. The standard InChI is InChI=1S/C13H17F3N2/c1-18(8-3-2-4-8)13(7-17)9-5-11(15)12(16)6-10(9)14/h5-6,8,13H,2-4,7,17H2,1H3. The molecule has 1 fully saturated rings. The number of nitrogens with zero attached hydrogens (tertiary/aromatic N) is 1. The molecule has 0 radical (unpaired) electrons. The van der Waals surface area contributed by atoms with Gasteiger partial charge in [-0.25, -0.2) is 13.2 Å². The first-order valence-electron chi connectivity index (χ1n) is 6.11. The van der Waals surface area contributed by atoms with Crippen LogP contribution in [-0.4, -0.2) is 24.5 Å². The third kappa shape index (κ3) is 2.37. The molecule has 0 heterocycles. The van der Waals surface area contributed by atoms with Gasteiger partial charge in [0.1, 0.15) is 5.82 Å². The van der Waals surface area contributed by atoms with Crippen LogP contribution in [0.4, 0.5) is 13.2 Å². The minimum atomic E-state index is -1.17. The van der Waals surface area contributed by atoms with E-state index in [0.29, 0.717) is 12.1 Å². The van der Waals surface area contributed by atoms with Crippen LogP contribution in [-0.2, 0) is 0 Å². The Morgan fingerprint density at radius 3 is 2.33 bits per heavy atom. The average Bonchev–Trinajstić information content (AvgIpc) is 2.24. The van der Waals surface area contributed by atoms with Crippen molar-refractivity contribution in [1.82, 2.24) is 4.90 Å².